The molecular formula is C13H15N3O4S. The number of aromatic carboxylic acids is 1. The molecule has 2 N–H and O–H groups in total. The molecule has 0 fully saturated rings. The van der Waals surface area contributed by atoms with E-state index in [1.807, 2.05) is 0 Å². The lowest BCUT2D eigenvalue weighted by Gasteiger charge is -2.11. The molecule has 0 atom stereocenters. The molecule has 0 amide bonds. The van der Waals surface area contributed by atoms with Gasteiger partial charge in [0.1, 0.15) is 0 Å². The van der Waals surface area contributed by atoms with Gasteiger partial charge >= 0.3 is 5.97 Å². The van der Waals surface area contributed by atoms with E-state index in [1.54, 1.807) is 31.2 Å². The quantitative estimate of drug-likeness (QED) is 0.824. The number of benzene rings is 1. The number of carboxylic acids is 1. The Morgan fingerprint density at radius 1 is 1.29 bits per heavy atom. The highest BCUT2D eigenvalue weighted by molar-refractivity contribution is 7.91. The lowest BCUT2D eigenvalue weighted by Crippen LogP contribution is -2.19. The number of carbonyl (C=O) groups is 1. The maximum Gasteiger partial charge on any atom is 0.358 e. The van der Waals surface area contributed by atoms with E-state index < -0.39 is 15.8 Å². The maximum atomic E-state index is 11.5. The molecule has 1 aromatic heterocycles. The molecule has 1 heterocycles. The van der Waals surface area contributed by atoms with Crippen LogP contribution in [0.2, 0.25) is 0 Å². The van der Waals surface area contributed by atoms with Gasteiger partial charge < -0.3 is 10.4 Å². The average Bonchev–Trinajstić information content (AvgIpc) is 2.47. The number of fused-ring (bicyclic) bond motifs is 1. The van der Waals surface area contributed by atoms with Gasteiger partial charge in [0.15, 0.2) is 15.5 Å². The molecule has 2 rings (SSSR count). The largest absolute Gasteiger partial charge is 0.476 e. The van der Waals surface area contributed by atoms with Gasteiger partial charge in [0.25, 0.3) is 0 Å². The minimum atomic E-state index is -3.12. The van der Waals surface area contributed by atoms with Gasteiger partial charge in [-0.15, -0.1) is 10.2 Å². The number of anilines is 1. The summed E-state index contributed by atoms with van der Waals surface area (Å²) < 4.78 is 23.0. The average molecular weight is 309 g/mol. The predicted octanol–water partition coefficient (Wildman–Crippen LogP) is 1.17. The minimum Gasteiger partial charge on any atom is -0.476 e. The van der Waals surface area contributed by atoms with Crippen molar-refractivity contribution in [3.8, 4) is 0 Å². The minimum absolute atomic E-state index is 0.0514. The van der Waals surface area contributed by atoms with Crippen LogP contribution in [0.15, 0.2) is 24.3 Å². The molecule has 0 bridgehead atoms. The fraction of sp³-hybridized carbons (Fsp3) is 0.308. The van der Waals surface area contributed by atoms with Crippen molar-refractivity contribution in [2.45, 2.75) is 6.92 Å². The number of aromatic nitrogens is 2. The topological polar surface area (TPSA) is 109 Å². The second-order valence-corrected chi connectivity index (χ2v) is 6.88. The lowest BCUT2D eigenvalue weighted by atomic mass is 10.1. The Labute approximate surface area is 121 Å². The Hall–Kier alpha value is -2.22. The first-order valence-electron chi connectivity index (χ1n) is 6.37. The maximum absolute atomic E-state index is 11.5. The monoisotopic (exact) mass is 309 g/mol. The summed E-state index contributed by atoms with van der Waals surface area (Å²) in [6, 6.07) is 6.95. The number of hydrogen-bond donors (Lipinski definition) is 2. The summed E-state index contributed by atoms with van der Waals surface area (Å²) in [4.78, 5) is 11.2. The normalized spacial score (nSPS) is 11.5. The third kappa shape index (κ3) is 3.46. The van der Waals surface area contributed by atoms with Crippen LogP contribution in [0.5, 0.6) is 0 Å². The van der Waals surface area contributed by atoms with Crippen LogP contribution < -0.4 is 5.32 Å². The second kappa shape index (κ2) is 6.04. The van der Waals surface area contributed by atoms with E-state index in [9.17, 15) is 13.2 Å². The standard InChI is InChI=1S/C13H15N3O4S/c1-2-21(19,20)8-7-14-11-9-5-3-4-6-10(9)15-16-12(11)13(17)18/h3-6H,2,7-8H2,1H3,(H,14,15)(H,17,18). The van der Waals surface area contributed by atoms with Crippen molar-refractivity contribution < 1.29 is 18.3 Å². The number of carboxylic acid groups (broad SMARTS) is 1. The molecule has 0 aliphatic heterocycles. The molecule has 0 radical (unpaired) electrons. The van der Waals surface area contributed by atoms with Gasteiger partial charge in [0.05, 0.1) is 17.0 Å². The summed E-state index contributed by atoms with van der Waals surface area (Å²) in [5.74, 6) is -1.23. The number of nitrogens with one attached hydrogen (secondary N) is 1. The summed E-state index contributed by atoms with van der Waals surface area (Å²) in [5.41, 5.74) is 0.616. The van der Waals surface area contributed by atoms with Crippen molar-refractivity contribution in [1.29, 1.82) is 0 Å². The molecule has 0 saturated carbocycles. The molecule has 0 aliphatic rings. The van der Waals surface area contributed by atoms with Gasteiger partial charge in [0.2, 0.25) is 0 Å². The van der Waals surface area contributed by atoms with E-state index in [0.717, 1.165) is 0 Å². The molecule has 112 valence electrons. The third-order valence-corrected chi connectivity index (χ3v) is 4.73. The summed E-state index contributed by atoms with van der Waals surface area (Å²) in [6.07, 6.45) is 0. The molecule has 2 aromatic rings. The fourth-order valence-electron chi connectivity index (χ4n) is 1.86. The molecular weight excluding hydrogens is 294 g/mol. The van der Waals surface area contributed by atoms with Crippen LogP contribution in [0.4, 0.5) is 5.69 Å². The van der Waals surface area contributed by atoms with E-state index in [4.69, 9.17) is 5.11 Å². The SMILES string of the molecule is CCS(=O)(=O)CCNc1c(C(=O)O)nnc2ccccc12. The zero-order chi connectivity index (χ0) is 15.5. The van der Waals surface area contributed by atoms with Gasteiger partial charge in [-0.3, -0.25) is 0 Å². The van der Waals surface area contributed by atoms with Gasteiger partial charge in [-0.2, -0.15) is 0 Å². The van der Waals surface area contributed by atoms with Crippen molar-refractivity contribution in [3.05, 3.63) is 30.0 Å². The molecule has 0 spiro atoms. The van der Waals surface area contributed by atoms with Crippen LogP contribution in [-0.2, 0) is 9.84 Å². The van der Waals surface area contributed by atoms with Crippen molar-refractivity contribution in [2.75, 3.05) is 23.4 Å². The van der Waals surface area contributed by atoms with Crippen molar-refractivity contribution in [3.63, 3.8) is 0 Å². The first-order valence-corrected chi connectivity index (χ1v) is 8.20. The van der Waals surface area contributed by atoms with Crippen molar-refractivity contribution in [1.82, 2.24) is 10.2 Å². The molecule has 0 saturated heterocycles. The zero-order valence-corrected chi connectivity index (χ0v) is 12.2. The first-order chi connectivity index (χ1) is 9.94. The summed E-state index contributed by atoms with van der Waals surface area (Å²) >= 11 is 0. The summed E-state index contributed by atoms with van der Waals surface area (Å²) in [7, 11) is -3.12. The smallest absolute Gasteiger partial charge is 0.358 e. The van der Waals surface area contributed by atoms with Gasteiger partial charge in [-0.05, 0) is 6.07 Å². The number of sulfone groups is 1. The van der Waals surface area contributed by atoms with E-state index >= 15 is 0 Å². The lowest BCUT2D eigenvalue weighted by molar-refractivity contribution is 0.0690. The highest BCUT2D eigenvalue weighted by atomic mass is 32.2. The molecule has 7 nitrogen and oxygen atoms in total. The Bertz CT molecular complexity index is 774. The van der Waals surface area contributed by atoms with Gasteiger partial charge in [-0.25, -0.2) is 13.2 Å². The van der Waals surface area contributed by atoms with E-state index in [1.165, 1.54) is 0 Å². The van der Waals surface area contributed by atoms with Crippen LogP contribution in [0.25, 0.3) is 10.9 Å². The van der Waals surface area contributed by atoms with Crippen LogP contribution in [0.1, 0.15) is 17.4 Å². The summed E-state index contributed by atoms with van der Waals surface area (Å²) in [5, 5.41) is 20.2. The van der Waals surface area contributed by atoms with Crippen LogP contribution in [-0.4, -0.2) is 47.7 Å². The van der Waals surface area contributed by atoms with Crippen molar-refractivity contribution >= 4 is 32.4 Å². The zero-order valence-electron chi connectivity index (χ0n) is 11.4. The summed E-state index contributed by atoms with van der Waals surface area (Å²) in [6.45, 7) is 1.69. The Morgan fingerprint density at radius 2 is 2.00 bits per heavy atom. The van der Waals surface area contributed by atoms with E-state index in [-0.39, 0.29) is 23.7 Å². The Balaban J connectivity index is 2.36. The fourth-order valence-corrected chi connectivity index (χ4v) is 2.56. The van der Waals surface area contributed by atoms with Crippen LogP contribution >= 0.6 is 0 Å². The van der Waals surface area contributed by atoms with E-state index in [0.29, 0.717) is 16.6 Å². The van der Waals surface area contributed by atoms with Crippen LogP contribution in [0.3, 0.4) is 0 Å². The molecule has 8 heteroatoms. The Kier molecular flexibility index (Phi) is 4.37. The second-order valence-electron chi connectivity index (χ2n) is 4.41. The number of nitrogens with zero attached hydrogens (tertiary/aromatic N) is 2. The van der Waals surface area contributed by atoms with Crippen LogP contribution in [0, 0.1) is 0 Å². The first kappa shape index (κ1) is 15.2. The number of hydrogen-bond acceptors (Lipinski definition) is 6. The van der Waals surface area contributed by atoms with E-state index in [2.05, 4.69) is 15.5 Å². The molecule has 21 heavy (non-hydrogen) atoms. The molecule has 0 unspecified atom stereocenters. The van der Waals surface area contributed by atoms with Gasteiger partial charge in [-0.1, -0.05) is 25.1 Å². The van der Waals surface area contributed by atoms with Gasteiger partial charge in [0, 0.05) is 17.7 Å². The predicted molar refractivity (Wildman–Crippen MR) is 79.3 cm³/mol. The highest BCUT2D eigenvalue weighted by Crippen LogP contribution is 2.24. The Morgan fingerprint density at radius 3 is 2.67 bits per heavy atom. The number of rotatable bonds is 6. The molecule has 0 aliphatic carbocycles. The highest BCUT2D eigenvalue weighted by Gasteiger charge is 2.17. The third-order valence-electron chi connectivity index (χ3n) is 3.03. The molecule has 1 aromatic carbocycles. The van der Waals surface area contributed by atoms with Crippen molar-refractivity contribution in [2.24, 2.45) is 0 Å².